The highest BCUT2D eigenvalue weighted by Crippen LogP contribution is 2.15. The van der Waals surface area contributed by atoms with Crippen LogP contribution in [0.2, 0.25) is 0 Å². The van der Waals surface area contributed by atoms with E-state index in [2.05, 4.69) is 22.4 Å². The second kappa shape index (κ2) is 6.42. The van der Waals surface area contributed by atoms with Gasteiger partial charge in [-0.15, -0.1) is 10.2 Å². The first kappa shape index (κ1) is 14.4. The van der Waals surface area contributed by atoms with E-state index >= 15 is 0 Å². The zero-order chi connectivity index (χ0) is 14.5. The zero-order valence-electron chi connectivity index (χ0n) is 11.5. The van der Waals surface area contributed by atoms with Crippen molar-refractivity contribution in [3.8, 4) is 0 Å². The van der Waals surface area contributed by atoms with E-state index in [1.54, 1.807) is 6.92 Å². The molecule has 1 heterocycles. The van der Waals surface area contributed by atoms with Crippen molar-refractivity contribution in [2.45, 2.75) is 25.4 Å². The highest BCUT2D eigenvalue weighted by molar-refractivity contribution is 7.99. The summed E-state index contributed by atoms with van der Waals surface area (Å²) in [6.07, 6.45) is 0.982. The Labute approximate surface area is 121 Å². The maximum Gasteiger partial charge on any atom is 0.234 e. The topological polar surface area (TPSA) is 85.8 Å². The van der Waals surface area contributed by atoms with E-state index < -0.39 is 0 Å². The summed E-state index contributed by atoms with van der Waals surface area (Å²) in [6.45, 7) is 3.85. The van der Waals surface area contributed by atoms with Crippen LogP contribution in [0.15, 0.2) is 29.4 Å². The van der Waals surface area contributed by atoms with Crippen molar-refractivity contribution in [2.75, 3.05) is 16.9 Å². The van der Waals surface area contributed by atoms with Gasteiger partial charge in [0, 0.05) is 5.69 Å². The second-order valence-corrected chi connectivity index (χ2v) is 5.23. The van der Waals surface area contributed by atoms with Crippen LogP contribution in [0.1, 0.15) is 18.3 Å². The Bertz CT molecular complexity index is 593. The molecule has 0 aliphatic heterocycles. The first-order valence-corrected chi connectivity index (χ1v) is 7.27. The molecule has 0 atom stereocenters. The Morgan fingerprint density at radius 2 is 2.05 bits per heavy atom. The largest absolute Gasteiger partial charge is 0.336 e. The van der Waals surface area contributed by atoms with Gasteiger partial charge in [0.1, 0.15) is 5.82 Å². The third-order valence-electron chi connectivity index (χ3n) is 2.81. The summed E-state index contributed by atoms with van der Waals surface area (Å²) in [7, 11) is 0. The second-order valence-electron chi connectivity index (χ2n) is 4.29. The zero-order valence-corrected chi connectivity index (χ0v) is 12.3. The molecule has 1 aromatic carbocycles. The maximum absolute atomic E-state index is 11.8. The Hall–Kier alpha value is -2.02. The highest BCUT2D eigenvalue weighted by Gasteiger charge is 2.09. The van der Waals surface area contributed by atoms with E-state index in [9.17, 15) is 4.79 Å². The normalized spacial score (nSPS) is 10.5. The molecule has 6 nitrogen and oxygen atoms in total. The lowest BCUT2D eigenvalue weighted by Crippen LogP contribution is -2.16. The minimum Gasteiger partial charge on any atom is -0.336 e. The minimum absolute atomic E-state index is 0.0973. The molecule has 2 rings (SSSR count). The van der Waals surface area contributed by atoms with Gasteiger partial charge in [0.2, 0.25) is 11.1 Å². The molecule has 1 amide bonds. The van der Waals surface area contributed by atoms with Crippen molar-refractivity contribution in [1.29, 1.82) is 0 Å². The van der Waals surface area contributed by atoms with E-state index in [0.29, 0.717) is 11.0 Å². The predicted octanol–water partition coefficient (Wildman–Crippen LogP) is 1.59. The third kappa shape index (κ3) is 3.51. The minimum atomic E-state index is -0.0973. The van der Waals surface area contributed by atoms with Crippen molar-refractivity contribution < 1.29 is 4.79 Å². The summed E-state index contributed by atoms with van der Waals surface area (Å²) in [5, 5.41) is 11.1. The summed E-state index contributed by atoms with van der Waals surface area (Å²) >= 11 is 1.26. The summed E-state index contributed by atoms with van der Waals surface area (Å²) in [4.78, 5) is 11.8. The maximum atomic E-state index is 11.8. The van der Waals surface area contributed by atoms with Crippen molar-refractivity contribution in [3.63, 3.8) is 0 Å². The van der Waals surface area contributed by atoms with Gasteiger partial charge in [-0.1, -0.05) is 30.8 Å². The van der Waals surface area contributed by atoms with Crippen molar-refractivity contribution in [2.24, 2.45) is 0 Å². The average molecular weight is 291 g/mol. The Morgan fingerprint density at radius 3 is 2.60 bits per heavy atom. The fourth-order valence-electron chi connectivity index (χ4n) is 1.60. The molecule has 0 unspecified atom stereocenters. The number of carbonyl (C=O) groups is 1. The number of aromatic nitrogens is 3. The number of aryl methyl sites for hydroxylation is 2. The number of nitrogen functional groups attached to an aromatic ring is 1. The van der Waals surface area contributed by atoms with Crippen LogP contribution in [0.3, 0.4) is 0 Å². The number of rotatable bonds is 5. The van der Waals surface area contributed by atoms with Crippen LogP contribution >= 0.6 is 11.8 Å². The molecule has 0 spiro atoms. The van der Waals surface area contributed by atoms with Crippen LogP contribution < -0.4 is 11.2 Å². The van der Waals surface area contributed by atoms with Gasteiger partial charge in [-0.25, -0.2) is 4.68 Å². The number of anilines is 1. The molecule has 0 bridgehead atoms. The SMILES string of the molecule is CCc1ccc(NC(=O)CSc2nnc(C)n2N)cc1. The molecule has 0 radical (unpaired) electrons. The molecular weight excluding hydrogens is 274 g/mol. The number of thioether (sulfide) groups is 1. The van der Waals surface area contributed by atoms with E-state index in [-0.39, 0.29) is 11.7 Å². The molecule has 0 saturated heterocycles. The molecule has 0 aliphatic rings. The van der Waals surface area contributed by atoms with Crippen molar-refractivity contribution in [3.05, 3.63) is 35.7 Å². The van der Waals surface area contributed by atoms with Crippen molar-refractivity contribution in [1.82, 2.24) is 14.9 Å². The lowest BCUT2D eigenvalue weighted by Gasteiger charge is -2.05. The quantitative estimate of drug-likeness (QED) is 0.645. The van der Waals surface area contributed by atoms with Crippen LogP contribution in [0, 0.1) is 6.92 Å². The van der Waals surface area contributed by atoms with Gasteiger partial charge in [0.15, 0.2) is 0 Å². The molecule has 0 aliphatic carbocycles. The first-order chi connectivity index (χ1) is 9.60. The van der Waals surface area contributed by atoms with Crippen molar-refractivity contribution >= 4 is 23.4 Å². The number of nitrogens with one attached hydrogen (secondary N) is 1. The standard InChI is InChI=1S/C13H17N5OS/c1-3-10-4-6-11(7-5-10)15-12(19)8-20-13-17-16-9(2)18(13)14/h4-7H,3,8,14H2,1-2H3,(H,15,19). The lowest BCUT2D eigenvalue weighted by atomic mass is 10.1. The van der Waals surface area contributed by atoms with Crippen LogP contribution in [0.4, 0.5) is 5.69 Å². The number of benzene rings is 1. The number of hydrogen-bond acceptors (Lipinski definition) is 5. The fraction of sp³-hybridized carbons (Fsp3) is 0.308. The molecule has 7 heteroatoms. The predicted molar refractivity (Wildman–Crippen MR) is 80.1 cm³/mol. The molecular formula is C13H17N5OS. The molecule has 2 aromatic rings. The van der Waals surface area contributed by atoms with E-state index in [1.807, 2.05) is 24.3 Å². The van der Waals surface area contributed by atoms with E-state index in [0.717, 1.165) is 12.1 Å². The van der Waals surface area contributed by atoms with Gasteiger partial charge in [-0.3, -0.25) is 4.79 Å². The summed E-state index contributed by atoms with van der Waals surface area (Å²) in [5.41, 5.74) is 2.03. The summed E-state index contributed by atoms with van der Waals surface area (Å²) in [5.74, 6) is 6.47. The number of carbonyl (C=O) groups excluding carboxylic acids is 1. The van der Waals surface area contributed by atoms with Gasteiger partial charge in [0.25, 0.3) is 0 Å². The smallest absolute Gasteiger partial charge is 0.234 e. The molecule has 3 N–H and O–H groups in total. The Morgan fingerprint density at radius 1 is 1.35 bits per heavy atom. The Balaban J connectivity index is 1.87. The molecule has 0 fully saturated rings. The van der Waals surface area contributed by atoms with Crippen LogP contribution in [-0.2, 0) is 11.2 Å². The molecule has 1 aromatic heterocycles. The van der Waals surface area contributed by atoms with Crippen LogP contribution in [-0.4, -0.2) is 26.5 Å². The summed E-state index contributed by atoms with van der Waals surface area (Å²) in [6, 6.07) is 7.80. The number of hydrogen-bond donors (Lipinski definition) is 2. The number of nitrogens with zero attached hydrogens (tertiary/aromatic N) is 3. The monoisotopic (exact) mass is 291 g/mol. The van der Waals surface area contributed by atoms with Gasteiger partial charge in [0.05, 0.1) is 5.75 Å². The van der Waals surface area contributed by atoms with Gasteiger partial charge in [-0.2, -0.15) is 0 Å². The van der Waals surface area contributed by atoms with Gasteiger partial charge < -0.3 is 11.2 Å². The summed E-state index contributed by atoms with van der Waals surface area (Å²) < 4.78 is 1.37. The van der Waals surface area contributed by atoms with Gasteiger partial charge in [-0.05, 0) is 31.0 Å². The van der Waals surface area contributed by atoms with Crippen LogP contribution in [0.25, 0.3) is 0 Å². The van der Waals surface area contributed by atoms with Gasteiger partial charge >= 0.3 is 0 Å². The lowest BCUT2D eigenvalue weighted by molar-refractivity contribution is -0.113. The first-order valence-electron chi connectivity index (χ1n) is 6.29. The van der Waals surface area contributed by atoms with E-state index in [1.165, 1.54) is 22.0 Å². The average Bonchev–Trinajstić information content (AvgIpc) is 2.77. The molecule has 0 saturated carbocycles. The Kier molecular flexibility index (Phi) is 4.62. The number of amides is 1. The molecule has 20 heavy (non-hydrogen) atoms. The molecule has 106 valence electrons. The third-order valence-corrected chi connectivity index (χ3v) is 3.76. The number of nitrogens with two attached hydrogens (primary N) is 1. The van der Waals surface area contributed by atoms with E-state index in [4.69, 9.17) is 5.84 Å². The fourth-order valence-corrected chi connectivity index (χ4v) is 2.30. The van der Waals surface area contributed by atoms with Crippen LogP contribution in [0.5, 0.6) is 0 Å². The highest BCUT2D eigenvalue weighted by atomic mass is 32.2.